The Bertz CT molecular complexity index is 980. The van der Waals surface area contributed by atoms with Gasteiger partial charge in [0, 0.05) is 25.2 Å². The van der Waals surface area contributed by atoms with Crippen molar-refractivity contribution in [2.24, 2.45) is 0 Å². The number of ether oxygens (including phenoxy) is 1. The van der Waals surface area contributed by atoms with Crippen LogP contribution in [-0.2, 0) is 4.74 Å². The molecule has 1 saturated heterocycles. The fourth-order valence-corrected chi connectivity index (χ4v) is 3.58. The van der Waals surface area contributed by atoms with Crippen molar-refractivity contribution in [3.05, 3.63) is 51.9 Å². The van der Waals surface area contributed by atoms with E-state index >= 15 is 0 Å². The van der Waals surface area contributed by atoms with E-state index in [-0.39, 0.29) is 18.2 Å². The highest BCUT2D eigenvalue weighted by atomic mass is 16.6. The van der Waals surface area contributed by atoms with Gasteiger partial charge >= 0.3 is 6.09 Å². The van der Waals surface area contributed by atoms with Crippen molar-refractivity contribution in [3.8, 4) is 5.69 Å². The van der Waals surface area contributed by atoms with Gasteiger partial charge in [0.25, 0.3) is 5.56 Å². The van der Waals surface area contributed by atoms with Crippen molar-refractivity contribution in [1.82, 2.24) is 14.7 Å². The quantitative estimate of drug-likeness (QED) is 0.829. The first-order chi connectivity index (χ1) is 14.1. The molecule has 1 atom stereocenters. The lowest BCUT2D eigenvalue weighted by Crippen LogP contribution is -2.57. The minimum atomic E-state index is -0.580. The van der Waals surface area contributed by atoms with Crippen LogP contribution < -0.4 is 10.5 Å². The number of nitrogens with zero attached hydrogens (tertiary/aromatic N) is 4. The molecule has 162 valence electrons. The molecule has 1 aromatic carbocycles. The minimum absolute atomic E-state index is 0.153. The highest BCUT2D eigenvalue weighted by Crippen LogP contribution is 2.23. The molecule has 1 aliphatic heterocycles. The summed E-state index contributed by atoms with van der Waals surface area (Å²) in [7, 11) is 0. The van der Waals surface area contributed by atoms with Crippen molar-refractivity contribution in [2.45, 2.75) is 46.3 Å². The largest absolute Gasteiger partial charge is 0.444 e. The summed E-state index contributed by atoms with van der Waals surface area (Å²) in [6.07, 6.45) is 1.26. The average molecular weight is 415 g/mol. The van der Waals surface area contributed by atoms with E-state index in [0.717, 1.165) is 5.56 Å². The van der Waals surface area contributed by atoms with Crippen LogP contribution in [0, 0.1) is 13.8 Å². The molecule has 0 saturated carbocycles. The third kappa shape index (κ3) is 4.64. The first-order valence-corrected chi connectivity index (χ1v) is 10.1. The molecule has 1 amide bonds. The summed E-state index contributed by atoms with van der Waals surface area (Å²) in [5.41, 5.74) is 2.19. The van der Waals surface area contributed by atoms with E-state index < -0.39 is 11.7 Å². The molecule has 1 N–H and O–H groups in total. The Kier molecular flexibility index (Phi) is 6.17. The number of carbonyl (C=O) groups is 1. The standard InChI is InChI=1S/C22H30N4O4/c1-15-7-6-8-17(11-15)26-20(28)16(2)19(12-23-26)25-10-9-24(13-18(25)14-27)21(29)30-22(3,4)5/h6-8,11-12,18,27H,9-10,13-14H2,1-5H3. The third-order valence-corrected chi connectivity index (χ3v) is 5.09. The Morgan fingerprint density at radius 2 is 2.00 bits per heavy atom. The molecule has 0 radical (unpaired) electrons. The molecule has 1 aliphatic rings. The smallest absolute Gasteiger partial charge is 0.410 e. The van der Waals surface area contributed by atoms with Crippen LogP contribution in [0.5, 0.6) is 0 Å². The van der Waals surface area contributed by atoms with Gasteiger partial charge in [-0.1, -0.05) is 12.1 Å². The topological polar surface area (TPSA) is 87.9 Å². The number of aliphatic hydroxyl groups is 1. The third-order valence-electron chi connectivity index (χ3n) is 5.09. The second-order valence-corrected chi connectivity index (χ2v) is 8.67. The number of piperazine rings is 1. The summed E-state index contributed by atoms with van der Waals surface area (Å²) in [5.74, 6) is 0. The Morgan fingerprint density at radius 3 is 2.63 bits per heavy atom. The van der Waals surface area contributed by atoms with E-state index in [4.69, 9.17) is 4.74 Å². The monoisotopic (exact) mass is 414 g/mol. The molecule has 3 rings (SSSR count). The summed E-state index contributed by atoms with van der Waals surface area (Å²) in [4.78, 5) is 28.9. The number of anilines is 1. The number of hydrogen-bond donors (Lipinski definition) is 1. The molecule has 30 heavy (non-hydrogen) atoms. The van der Waals surface area contributed by atoms with Gasteiger partial charge in [0.1, 0.15) is 5.60 Å². The second-order valence-electron chi connectivity index (χ2n) is 8.67. The van der Waals surface area contributed by atoms with E-state index in [1.807, 2.05) is 56.9 Å². The summed E-state index contributed by atoms with van der Waals surface area (Å²) < 4.78 is 6.83. The predicted octanol–water partition coefficient (Wildman–Crippen LogP) is 2.27. The molecule has 2 heterocycles. The van der Waals surface area contributed by atoms with Gasteiger partial charge in [-0.15, -0.1) is 0 Å². The predicted molar refractivity (Wildman–Crippen MR) is 115 cm³/mol. The number of aryl methyl sites for hydroxylation is 1. The molecule has 1 aromatic heterocycles. The molecular formula is C22H30N4O4. The van der Waals surface area contributed by atoms with Crippen LogP contribution in [0.15, 0.2) is 35.3 Å². The maximum Gasteiger partial charge on any atom is 0.410 e. The minimum Gasteiger partial charge on any atom is -0.444 e. The van der Waals surface area contributed by atoms with Crippen LogP contribution in [0.2, 0.25) is 0 Å². The summed E-state index contributed by atoms with van der Waals surface area (Å²) in [6, 6.07) is 7.26. The normalized spacial score (nSPS) is 17.2. The van der Waals surface area contributed by atoms with Gasteiger partial charge in [0.2, 0.25) is 0 Å². The molecule has 0 bridgehead atoms. The fourth-order valence-electron chi connectivity index (χ4n) is 3.58. The lowest BCUT2D eigenvalue weighted by Gasteiger charge is -2.42. The lowest BCUT2D eigenvalue weighted by molar-refractivity contribution is 0.0197. The van der Waals surface area contributed by atoms with Crippen molar-refractivity contribution in [2.75, 3.05) is 31.1 Å². The van der Waals surface area contributed by atoms with Crippen LogP contribution in [0.4, 0.5) is 10.5 Å². The first-order valence-electron chi connectivity index (χ1n) is 10.1. The molecule has 0 aliphatic carbocycles. The zero-order chi connectivity index (χ0) is 22.1. The summed E-state index contributed by atoms with van der Waals surface area (Å²) in [6.45, 7) is 10.3. The lowest BCUT2D eigenvalue weighted by atomic mass is 10.1. The first kappa shape index (κ1) is 21.8. The molecule has 1 fully saturated rings. The van der Waals surface area contributed by atoms with E-state index in [1.165, 1.54) is 4.68 Å². The average Bonchev–Trinajstić information content (AvgIpc) is 2.68. The van der Waals surface area contributed by atoms with Gasteiger partial charge in [-0.25, -0.2) is 4.79 Å². The van der Waals surface area contributed by atoms with Gasteiger partial charge in [-0.05, 0) is 52.3 Å². The zero-order valence-corrected chi connectivity index (χ0v) is 18.3. The fraction of sp³-hybridized carbons (Fsp3) is 0.500. The zero-order valence-electron chi connectivity index (χ0n) is 18.3. The van der Waals surface area contributed by atoms with E-state index in [2.05, 4.69) is 5.10 Å². The van der Waals surface area contributed by atoms with E-state index in [0.29, 0.717) is 36.6 Å². The maximum absolute atomic E-state index is 13.0. The SMILES string of the molecule is Cc1cccc(-n2ncc(N3CCN(C(=O)OC(C)(C)C)CC3CO)c(C)c2=O)c1. The van der Waals surface area contributed by atoms with Crippen LogP contribution in [0.25, 0.3) is 5.69 Å². The maximum atomic E-state index is 13.0. The van der Waals surface area contributed by atoms with Crippen molar-refractivity contribution < 1.29 is 14.6 Å². The van der Waals surface area contributed by atoms with Crippen molar-refractivity contribution in [3.63, 3.8) is 0 Å². The summed E-state index contributed by atoms with van der Waals surface area (Å²) in [5, 5.41) is 14.3. The van der Waals surface area contributed by atoms with Gasteiger partial charge in [-0.2, -0.15) is 9.78 Å². The Morgan fingerprint density at radius 1 is 1.27 bits per heavy atom. The van der Waals surface area contributed by atoms with Crippen LogP contribution in [-0.4, -0.2) is 63.8 Å². The molecule has 0 spiro atoms. The molecule has 2 aromatic rings. The number of carbonyl (C=O) groups excluding carboxylic acids is 1. The van der Waals surface area contributed by atoms with E-state index in [1.54, 1.807) is 18.0 Å². The molecule has 1 unspecified atom stereocenters. The number of aromatic nitrogens is 2. The number of hydrogen-bond acceptors (Lipinski definition) is 6. The van der Waals surface area contributed by atoms with Crippen LogP contribution in [0.3, 0.4) is 0 Å². The van der Waals surface area contributed by atoms with Gasteiger partial charge in [0.05, 0.1) is 30.2 Å². The molecule has 8 heteroatoms. The molecule has 8 nitrogen and oxygen atoms in total. The van der Waals surface area contributed by atoms with Gasteiger partial charge in [-0.3, -0.25) is 4.79 Å². The summed E-state index contributed by atoms with van der Waals surface area (Å²) >= 11 is 0. The van der Waals surface area contributed by atoms with Crippen LogP contribution >= 0.6 is 0 Å². The second kappa shape index (κ2) is 8.47. The van der Waals surface area contributed by atoms with Gasteiger partial charge < -0.3 is 19.6 Å². The highest BCUT2D eigenvalue weighted by molar-refractivity contribution is 5.69. The Hall–Kier alpha value is -2.87. The number of aliphatic hydroxyl groups excluding tert-OH is 1. The van der Waals surface area contributed by atoms with E-state index in [9.17, 15) is 14.7 Å². The van der Waals surface area contributed by atoms with Crippen molar-refractivity contribution in [1.29, 1.82) is 0 Å². The van der Waals surface area contributed by atoms with Gasteiger partial charge in [0.15, 0.2) is 0 Å². The van der Waals surface area contributed by atoms with Crippen LogP contribution in [0.1, 0.15) is 31.9 Å². The van der Waals surface area contributed by atoms with Crippen molar-refractivity contribution >= 4 is 11.8 Å². The Labute approximate surface area is 176 Å². The molecular weight excluding hydrogens is 384 g/mol. The number of amides is 1. The Balaban J connectivity index is 1.85. The highest BCUT2D eigenvalue weighted by Gasteiger charge is 2.33. The number of rotatable bonds is 3. The number of benzene rings is 1.